The van der Waals surface area contributed by atoms with Crippen LogP contribution < -0.4 is 15.2 Å². The summed E-state index contributed by atoms with van der Waals surface area (Å²) >= 11 is 8.76. The van der Waals surface area contributed by atoms with Crippen molar-refractivity contribution in [2.75, 3.05) is 5.75 Å². The average molecular weight is 420 g/mol. The summed E-state index contributed by atoms with van der Waals surface area (Å²) in [5.74, 6) is -0.750. The van der Waals surface area contributed by atoms with Crippen LogP contribution in [0.5, 0.6) is 0 Å². The number of aromatic nitrogens is 3. The summed E-state index contributed by atoms with van der Waals surface area (Å²) in [5, 5.41) is 12.6. The third-order valence-corrected chi connectivity index (χ3v) is 6.83. The summed E-state index contributed by atoms with van der Waals surface area (Å²) in [6.07, 6.45) is 1.67. The molecule has 1 aromatic carbocycles. The summed E-state index contributed by atoms with van der Waals surface area (Å²) in [4.78, 5) is 30.4. The van der Waals surface area contributed by atoms with E-state index in [1.54, 1.807) is 39.6 Å². The van der Waals surface area contributed by atoms with Crippen LogP contribution in [0.4, 0.5) is 0 Å². The molecule has 0 unspecified atom stereocenters. The highest BCUT2D eigenvalue weighted by molar-refractivity contribution is 7.99. The maximum absolute atomic E-state index is 13.4. The van der Waals surface area contributed by atoms with Crippen molar-refractivity contribution >= 4 is 40.7 Å². The van der Waals surface area contributed by atoms with Gasteiger partial charge in [-0.25, -0.2) is 14.3 Å². The number of thiazole rings is 1. The molecule has 4 rings (SSSR count). The Labute approximate surface area is 168 Å². The van der Waals surface area contributed by atoms with Crippen LogP contribution in [0.25, 0.3) is 11.1 Å². The van der Waals surface area contributed by atoms with Crippen molar-refractivity contribution in [3.05, 3.63) is 61.9 Å². The molecule has 9 heteroatoms. The molecule has 0 amide bonds. The Morgan fingerprint density at radius 3 is 2.74 bits per heavy atom. The van der Waals surface area contributed by atoms with Gasteiger partial charge in [-0.3, -0.25) is 0 Å². The van der Waals surface area contributed by atoms with Gasteiger partial charge in [0.05, 0.1) is 17.2 Å². The topological polar surface area (TPSA) is 78.9 Å². The molecule has 3 heterocycles. The molecule has 0 radical (unpaired) electrons. The van der Waals surface area contributed by atoms with E-state index < -0.39 is 5.97 Å². The molecule has 0 aliphatic carbocycles. The normalized spacial score (nSPS) is 15.7. The lowest BCUT2D eigenvalue weighted by atomic mass is 10.0. The number of halogens is 1. The van der Waals surface area contributed by atoms with Crippen LogP contribution >= 0.6 is 34.7 Å². The van der Waals surface area contributed by atoms with Crippen molar-refractivity contribution < 1.29 is 14.5 Å². The van der Waals surface area contributed by atoms with Crippen molar-refractivity contribution in [1.29, 1.82) is 0 Å². The maximum atomic E-state index is 13.4. The number of benzene rings is 1. The second kappa shape index (κ2) is 7.10. The van der Waals surface area contributed by atoms with E-state index in [0.717, 1.165) is 4.88 Å². The molecule has 0 saturated carbocycles. The maximum Gasteiger partial charge on any atom is 0.347 e. The van der Waals surface area contributed by atoms with Gasteiger partial charge < -0.3 is 9.90 Å². The highest BCUT2D eigenvalue weighted by atomic mass is 35.5. The lowest BCUT2D eigenvalue weighted by Gasteiger charge is -2.15. The molecule has 0 fully saturated rings. The summed E-state index contributed by atoms with van der Waals surface area (Å²) in [6, 6.07) is 8.60. The standard InChI is InChI=1S/C18H14ClN3O3S2/c1-2-21-14(16(24)25)13(10-6-4-3-5-7-10)15(23)22-11(9-26-18(21)22)12-8-20-17(19)27-12/h3-8,11H,2,9H2,1H3/t11-/m1/s1. The van der Waals surface area contributed by atoms with Crippen molar-refractivity contribution in [3.8, 4) is 11.1 Å². The van der Waals surface area contributed by atoms with E-state index in [4.69, 9.17) is 11.6 Å². The first-order chi connectivity index (χ1) is 13.0. The number of carbonyl (C=O) groups excluding carboxylic acids is 1. The number of carbonyl (C=O) groups is 1. The molecule has 0 saturated heterocycles. The third-order valence-electron chi connectivity index (χ3n) is 4.45. The summed E-state index contributed by atoms with van der Waals surface area (Å²) in [7, 11) is 0. The molecule has 3 aromatic rings. The first kappa shape index (κ1) is 18.2. The SMILES string of the molecule is CC[n+]1c(C(=O)[O-])c(-c2ccccc2)c(=O)n2c1SC[C@@H]2c1cnc(Cl)s1. The number of nitrogens with zero attached hydrogens (tertiary/aromatic N) is 3. The van der Waals surface area contributed by atoms with Crippen LogP contribution in [-0.4, -0.2) is 21.3 Å². The van der Waals surface area contributed by atoms with Gasteiger partial charge in [-0.2, -0.15) is 4.57 Å². The Morgan fingerprint density at radius 1 is 1.41 bits per heavy atom. The first-order valence-electron chi connectivity index (χ1n) is 8.26. The number of carboxylic acids is 1. The molecule has 1 atom stereocenters. The summed E-state index contributed by atoms with van der Waals surface area (Å²) < 4.78 is 3.72. The van der Waals surface area contributed by atoms with E-state index >= 15 is 0 Å². The lowest BCUT2D eigenvalue weighted by Crippen LogP contribution is -2.51. The molecule has 138 valence electrons. The molecule has 0 bridgehead atoms. The molecule has 0 N–H and O–H groups in total. The number of thioether (sulfide) groups is 1. The van der Waals surface area contributed by atoms with E-state index in [0.29, 0.717) is 27.5 Å². The molecular weight excluding hydrogens is 406 g/mol. The zero-order valence-electron chi connectivity index (χ0n) is 14.2. The van der Waals surface area contributed by atoms with E-state index in [1.807, 2.05) is 13.0 Å². The molecular formula is C18H14ClN3O3S2. The summed E-state index contributed by atoms with van der Waals surface area (Å²) in [5.41, 5.74) is 0.261. The Morgan fingerprint density at radius 2 is 2.15 bits per heavy atom. The van der Waals surface area contributed by atoms with Gasteiger partial charge in [-0.05, 0) is 24.2 Å². The number of aromatic carboxylic acids is 1. The Hall–Kier alpha value is -2.16. The largest absolute Gasteiger partial charge is 0.541 e. The monoisotopic (exact) mass is 419 g/mol. The fourth-order valence-corrected chi connectivity index (χ4v) is 5.83. The van der Waals surface area contributed by atoms with E-state index in [9.17, 15) is 14.7 Å². The zero-order valence-corrected chi connectivity index (χ0v) is 16.6. The van der Waals surface area contributed by atoms with Crippen molar-refractivity contribution in [2.24, 2.45) is 0 Å². The predicted octanol–water partition coefficient (Wildman–Crippen LogP) is 1.99. The fraction of sp³-hybridized carbons (Fsp3) is 0.222. The molecule has 1 aliphatic heterocycles. The van der Waals surface area contributed by atoms with E-state index in [2.05, 4.69) is 4.98 Å². The number of carboxylic acid groups (broad SMARTS) is 1. The fourth-order valence-electron chi connectivity index (χ4n) is 3.32. The molecule has 0 spiro atoms. The van der Waals surface area contributed by atoms with Crippen molar-refractivity contribution in [2.45, 2.75) is 24.7 Å². The van der Waals surface area contributed by atoms with Gasteiger partial charge >= 0.3 is 10.7 Å². The highest BCUT2D eigenvalue weighted by Gasteiger charge is 2.40. The quantitative estimate of drug-likeness (QED) is 0.477. The predicted molar refractivity (Wildman–Crippen MR) is 102 cm³/mol. The van der Waals surface area contributed by atoms with Crippen LogP contribution in [-0.2, 0) is 6.54 Å². The van der Waals surface area contributed by atoms with Crippen LogP contribution in [0, 0.1) is 0 Å². The van der Waals surface area contributed by atoms with Crippen molar-refractivity contribution in [1.82, 2.24) is 9.55 Å². The number of hydrogen-bond acceptors (Lipinski definition) is 6. The van der Waals surface area contributed by atoms with Gasteiger partial charge in [0.15, 0.2) is 16.2 Å². The second-order valence-electron chi connectivity index (χ2n) is 5.92. The molecule has 1 aliphatic rings. The van der Waals surface area contributed by atoms with Crippen LogP contribution in [0.1, 0.15) is 28.3 Å². The highest BCUT2D eigenvalue weighted by Crippen LogP contribution is 2.38. The lowest BCUT2D eigenvalue weighted by molar-refractivity contribution is -0.738. The number of hydrogen-bond donors (Lipinski definition) is 0. The minimum atomic E-state index is -1.36. The first-order valence-corrected chi connectivity index (χ1v) is 10.4. The summed E-state index contributed by atoms with van der Waals surface area (Å²) in [6.45, 7) is 2.26. The van der Waals surface area contributed by atoms with Crippen LogP contribution in [0.2, 0.25) is 4.47 Å². The van der Waals surface area contributed by atoms with Crippen molar-refractivity contribution in [3.63, 3.8) is 0 Å². The van der Waals surface area contributed by atoms with Gasteiger partial charge in [0.25, 0.3) is 0 Å². The van der Waals surface area contributed by atoms with Gasteiger partial charge in [-0.1, -0.05) is 41.9 Å². The van der Waals surface area contributed by atoms with E-state index in [-0.39, 0.29) is 22.9 Å². The third kappa shape index (κ3) is 2.97. The minimum Gasteiger partial charge on any atom is -0.541 e. The molecule has 2 aromatic heterocycles. The smallest absolute Gasteiger partial charge is 0.347 e. The average Bonchev–Trinajstić information content (AvgIpc) is 3.28. The second-order valence-corrected chi connectivity index (χ2v) is 8.55. The van der Waals surface area contributed by atoms with Gasteiger partial charge in [0.2, 0.25) is 0 Å². The van der Waals surface area contributed by atoms with Gasteiger partial charge in [-0.15, -0.1) is 11.3 Å². The van der Waals surface area contributed by atoms with Gasteiger partial charge in [0.1, 0.15) is 11.5 Å². The number of fused-ring (bicyclic) bond motifs is 1. The Kier molecular flexibility index (Phi) is 4.79. The minimum absolute atomic E-state index is 0.0876. The molecule has 6 nitrogen and oxygen atoms in total. The number of rotatable bonds is 4. The molecule has 27 heavy (non-hydrogen) atoms. The van der Waals surface area contributed by atoms with Crippen LogP contribution in [0.3, 0.4) is 0 Å². The zero-order chi connectivity index (χ0) is 19.1. The van der Waals surface area contributed by atoms with Crippen LogP contribution in [0.15, 0.2) is 46.5 Å². The Bertz CT molecular complexity index is 1100. The van der Waals surface area contributed by atoms with E-state index in [1.165, 1.54) is 23.1 Å². The van der Waals surface area contributed by atoms with Gasteiger partial charge in [0, 0.05) is 6.20 Å². The Balaban J connectivity index is 2.06.